The fourth-order valence-electron chi connectivity index (χ4n) is 1.71. The zero-order valence-corrected chi connectivity index (χ0v) is 12.1. The van der Waals surface area contributed by atoms with Crippen LogP contribution in [0.1, 0.15) is 38.2 Å². The molecule has 2 N–H and O–H groups in total. The molecule has 1 aromatic carbocycles. The molecule has 0 heterocycles. The van der Waals surface area contributed by atoms with Crippen molar-refractivity contribution in [1.82, 2.24) is 0 Å². The molecule has 0 aliphatic rings. The molecule has 96 valence electrons. The molecule has 0 aromatic heterocycles. The molecule has 0 atom stereocenters. The van der Waals surface area contributed by atoms with Gasteiger partial charge in [0.2, 0.25) is 0 Å². The van der Waals surface area contributed by atoms with Crippen LogP contribution in [0.4, 0.5) is 0 Å². The Kier molecular flexibility index (Phi) is 7.29. The highest BCUT2D eigenvalue weighted by Gasteiger charge is 2.01. The van der Waals surface area contributed by atoms with Gasteiger partial charge < -0.3 is 10.5 Å². The van der Waals surface area contributed by atoms with E-state index in [1.54, 1.807) is 0 Å². The predicted octanol–water partition coefficient (Wildman–Crippen LogP) is 3.91. The first kappa shape index (κ1) is 14.5. The Bertz CT molecular complexity index is 328. The second-order valence-corrected chi connectivity index (χ2v) is 5.06. The van der Waals surface area contributed by atoms with Crippen molar-refractivity contribution < 1.29 is 4.74 Å². The number of hydrogen-bond acceptors (Lipinski definition) is 2. The van der Waals surface area contributed by atoms with Crippen LogP contribution in [0.2, 0.25) is 0 Å². The van der Waals surface area contributed by atoms with E-state index in [2.05, 4.69) is 28.9 Å². The van der Waals surface area contributed by atoms with Crippen molar-refractivity contribution in [3.63, 3.8) is 0 Å². The summed E-state index contributed by atoms with van der Waals surface area (Å²) in [5, 5.41) is 0. The molecule has 0 bridgehead atoms. The number of ether oxygens (including phenoxy) is 1. The molecule has 0 radical (unpaired) electrons. The second-order valence-electron chi connectivity index (χ2n) is 4.20. The summed E-state index contributed by atoms with van der Waals surface area (Å²) in [6, 6.07) is 6.12. The molecule has 3 heteroatoms. The summed E-state index contributed by atoms with van der Waals surface area (Å²) in [7, 11) is 0. The molecule has 0 saturated heterocycles. The van der Waals surface area contributed by atoms with Gasteiger partial charge in [-0.1, -0.05) is 42.1 Å². The van der Waals surface area contributed by atoms with Gasteiger partial charge in [0.05, 0.1) is 6.61 Å². The molecule has 1 aromatic rings. The quantitative estimate of drug-likeness (QED) is 0.739. The third-order valence-electron chi connectivity index (χ3n) is 2.70. The number of hydrogen-bond donors (Lipinski definition) is 1. The lowest BCUT2D eigenvalue weighted by atomic mass is 10.1. The fraction of sp³-hybridized carbons (Fsp3) is 0.571. The molecule has 0 amide bonds. The van der Waals surface area contributed by atoms with Crippen molar-refractivity contribution in [2.45, 2.75) is 39.0 Å². The van der Waals surface area contributed by atoms with Gasteiger partial charge in [-0.05, 0) is 43.1 Å². The largest absolute Gasteiger partial charge is 0.494 e. The van der Waals surface area contributed by atoms with Crippen LogP contribution in [-0.2, 0) is 6.42 Å². The molecular formula is C14H22BrNO. The minimum Gasteiger partial charge on any atom is -0.494 e. The zero-order chi connectivity index (χ0) is 12.5. The third kappa shape index (κ3) is 5.55. The molecule has 0 aliphatic carbocycles. The van der Waals surface area contributed by atoms with Crippen molar-refractivity contribution >= 4 is 15.9 Å². The van der Waals surface area contributed by atoms with E-state index >= 15 is 0 Å². The lowest BCUT2D eigenvalue weighted by molar-refractivity contribution is 0.305. The second kappa shape index (κ2) is 8.54. The van der Waals surface area contributed by atoms with E-state index in [1.165, 1.54) is 24.8 Å². The lowest BCUT2D eigenvalue weighted by Crippen LogP contribution is -2.04. The summed E-state index contributed by atoms with van der Waals surface area (Å²) in [6.07, 6.45) is 5.83. The first-order chi connectivity index (χ1) is 8.27. The van der Waals surface area contributed by atoms with Gasteiger partial charge in [-0.2, -0.15) is 0 Å². The highest BCUT2D eigenvalue weighted by atomic mass is 79.9. The van der Waals surface area contributed by atoms with E-state index in [-0.39, 0.29) is 0 Å². The van der Waals surface area contributed by atoms with Crippen molar-refractivity contribution in [3.05, 3.63) is 28.2 Å². The maximum Gasteiger partial charge on any atom is 0.119 e. The van der Waals surface area contributed by atoms with Crippen molar-refractivity contribution in [1.29, 1.82) is 0 Å². The van der Waals surface area contributed by atoms with Crippen LogP contribution in [0, 0.1) is 0 Å². The predicted molar refractivity (Wildman–Crippen MR) is 76.5 cm³/mol. The smallest absolute Gasteiger partial charge is 0.119 e. The molecule has 0 saturated carbocycles. The molecule has 1 rings (SSSR count). The molecule has 0 fully saturated rings. The minimum atomic E-state index is 0.665. The van der Waals surface area contributed by atoms with Crippen molar-refractivity contribution in [3.8, 4) is 5.75 Å². The number of rotatable bonds is 8. The standard InChI is InChI=1S/C14H22BrNO/c1-2-3-4-5-10-17-13-6-7-14(15)12(11-13)8-9-16/h6-7,11H,2-5,8-10,16H2,1H3. The topological polar surface area (TPSA) is 35.2 Å². The molecule has 0 aliphatic heterocycles. The first-order valence-corrected chi connectivity index (χ1v) is 7.18. The van der Waals surface area contributed by atoms with Crippen molar-refractivity contribution in [2.75, 3.05) is 13.2 Å². The summed E-state index contributed by atoms with van der Waals surface area (Å²) in [4.78, 5) is 0. The van der Waals surface area contributed by atoms with Crippen LogP contribution in [-0.4, -0.2) is 13.2 Å². The van der Waals surface area contributed by atoms with E-state index in [4.69, 9.17) is 10.5 Å². The van der Waals surface area contributed by atoms with Crippen LogP contribution >= 0.6 is 15.9 Å². The molecule has 0 unspecified atom stereocenters. The Balaban J connectivity index is 2.40. The lowest BCUT2D eigenvalue weighted by Gasteiger charge is -2.09. The summed E-state index contributed by atoms with van der Waals surface area (Å²) in [5.41, 5.74) is 6.79. The van der Waals surface area contributed by atoms with Crippen molar-refractivity contribution in [2.24, 2.45) is 5.73 Å². The van der Waals surface area contributed by atoms with E-state index < -0.39 is 0 Å². The minimum absolute atomic E-state index is 0.665. The fourth-order valence-corrected chi connectivity index (χ4v) is 2.15. The average molecular weight is 300 g/mol. The van der Waals surface area contributed by atoms with Gasteiger partial charge in [0.25, 0.3) is 0 Å². The number of benzene rings is 1. The number of halogens is 1. The molecule has 0 spiro atoms. The monoisotopic (exact) mass is 299 g/mol. The Morgan fingerprint density at radius 2 is 2.06 bits per heavy atom. The van der Waals surface area contributed by atoms with Crippen LogP contribution in [0.5, 0.6) is 5.75 Å². The Hall–Kier alpha value is -0.540. The van der Waals surface area contributed by atoms with Crippen LogP contribution in [0.15, 0.2) is 22.7 Å². The summed E-state index contributed by atoms with van der Waals surface area (Å²) in [6.45, 7) is 3.69. The normalized spacial score (nSPS) is 10.5. The van der Waals surface area contributed by atoms with Crippen LogP contribution in [0.3, 0.4) is 0 Å². The van der Waals surface area contributed by atoms with E-state index in [0.29, 0.717) is 6.54 Å². The van der Waals surface area contributed by atoms with Gasteiger partial charge in [0.1, 0.15) is 5.75 Å². The van der Waals surface area contributed by atoms with Gasteiger partial charge in [0, 0.05) is 4.47 Å². The Morgan fingerprint density at radius 1 is 1.24 bits per heavy atom. The van der Waals surface area contributed by atoms with Gasteiger partial charge in [-0.15, -0.1) is 0 Å². The summed E-state index contributed by atoms with van der Waals surface area (Å²) >= 11 is 3.52. The number of nitrogens with two attached hydrogens (primary N) is 1. The molecule has 2 nitrogen and oxygen atoms in total. The number of unbranched alkanes of at least 4 members (excludes halogenated alkanes) is 3. The first-order valence-electron chi connectivity index (χ1n) is 6.39. The van der Waals surface area contributed by atoms with Crippen LogP contribution in [0.25, 0.3) is 0 Å². The molecular weight excluding hydrogens is 278 g/mol. The van der Waals surface area contributed by atoms with E-state index in [9.17, 15) is 0 Å². The SMILES string of the molecule is CCCCCCOc1ccc(Br)c(CCN)c1. The summed E-state index contributed by atoms with van der Waals surface area (Å²) < 4.78 is 6.85. The zero-order valence-electron chi connectivity index (χ0n) is 10.5. The summed E-state index contributed by atoms with van der Waals surface area (Å²) in [5.74, 6) is 0.952. The average Bonchev–Trinajstić information content (AvgIpc) is 2.33. The highest BCUT2D eigenvalue weighted by molar-refractivity contribution is 9.10. The van der Waals surface area contributed by atoms with Gasteiger partial charge >= 0.3 is 0 Å². The van der Waals surface area contributed by atoms with Gasteiger partial charge in [-0.3, -0.25) is 0 Å². The third-order valence-corrected chi connectivity index (χ3v) is 3.47. The molecule has 17 heavy (non-hydrogen) atoms. The van der Waals surface area contributed by atoms with Gasteiger partial charge in [-0.25, -0.2) is 0 Å². The van der Waals surface area contributed by atoms with Crippen LogP contribution < -0.4 is 10.5 Å². The Labute approximate surface area is 113 Å². The maximum absolute atomic E-state index is 5.73. The van der Waals surface area contributed by atoms with E-state index in [0.717, 1.165) is 29.7 Å². The Morgan fingerprint density at radius 3 is 2.76 bits per heavy atom. The maximum atomic E-state index is 5.73. The highest BCUT2D eigenvalue weighted by Crippen LogP contribution is 2.23. The van der Waals surface area contributed by atoms with E-state index in [1.807, 2.05) is 12.1 Å². The van der Waals surface area contributed by atoms with Gasteiger partial charge in [0.15, 0.2) is 0 Å².